The van der Waals surface area contributed by atoms with E-state index in [9.17, 15) is 18.0 Å². The van der Waals surface area contributed by atoms with E-state index >= 15 is 0 Å². The van der Waals surface area contributed by atoms with Gasteiger partial charge in [-0.05, 0) is 62.2 Å². The summed E-state index contributed by atoms with van der Waals surface area (Å²) in [6, 6.07) is 10.2. The number of anilines is 1. The summed E-state index contributed by atoms with van der Waals surface area (Å²) in [4.78, 5) is 16.0. The highest BCUT2D eigenvalue weighted by molar-refractivity contribution is 5.91. The lowest BCUT2D eigenvalue weighted by Crippen LogP contribution is -2.49. The molecule has 1 aliphatic rings. The van der Waals surface area contributed by atoms with E-state index < -0.39 is 29.2 Å². The summed E-state index contributed by atoms with van der Waals surface area (Å²) < 4.78 is 46.8. The molecule has 1 aliphatic carbocycles. The molecule has 0 aliphatic heterocycles. The van der Waals surface area contributed by atoms with Gasteiger partial charge in [-0.1, -0.05) is 0 Å². The lowest BCUT2D eigenvalue weighted by molar-refractivity contribution is 0.0521. The summed E-state index contributed by atoms with van der Waals surface area (Å²) in [5, 5.41) is 11.3. The number of pyridine rings is 1. The third-order valence-electron chi connectivity index (χ3n) is 5.52. The number of carbonyl (C=O) groups is 1. The number of esters is 1. The van der Waals surface area contributed by atoms with Crippen molar-refractivity contribution in [3.63, 3.8) is 0 Å². The van der Waals surface area contributed by atoms with Crippen molar-refractivity contribution in [1.82, 2.24) is 15.2 Å². The van der Waals surface area contributed by atoms with Crippen LogP contribution in [0.2, 0.25) is 0 Å². The zero-order valence-electron chi connectivity index (χ0n) is 17.3. The zero-order chi connectivity index (χ0) is 22.7. The molecule has 0 saturated heterocycles. The largest absolute Gasteiger partial charge is 0.462 e. The van der Waals surface area contributed by atoms with Crippen LogP contribution in [0.4, 0.5) is 19.0 Å². The predicted molar refractivity (Wildman–Crippen MR) is 112 cm³/mol. The third-order valence-corrected chi connectivity index (χ3v) is 5.52. The number of rotatable bonds is 7. The molecule has 2 aromatic heterocycles. The van der Waals surface area contributed by atoms with Gasteiger partial charge in [-0.15, -0.1) is 10.2 Å². The Morgan fingerprint density at radius 3 is 2.62 bits per heavy atom. The minimum atomic E-state index is -1.00. The van der Waals surface area contributed by atoms with E-state index in [1.165, 1.54) is 36.5 Å². The average molecular weight is 442 g/mol. The molecular formula is C23H21F3N4O2. The molecule has 0 atom stereocenters. The fraction of sp³-hybridized carbons (Fsp3) is 0.304. The van der Waals surface area contributed by atoms with E-state index in [0.29, 0.717) is 17.1 Å². The minimum absolute atomic E-state index is 0.135. The molecule has 6 nitrogen and oxygen atoms in total. The molecule has 1 fully saturated rings. The van der Waals surface area contributed by atoms with Crippen molar-refractivity contribution in [3.05, 3.63) is 71.6 Å². The first-order valence-electron chi connectivity index (χ1n) is 10.2. The molecule has 1 aromatic carbocycles. The van der Waals surface area contributed by atoms with Crippen molar-refractivity contribution in [1.29, 1.82) is 0 Å². The van der Waals surface area contributed by atoms with Crippen LogP contribution in [0.5, 0.6) is 0 Å². The van der Waals surface area contributed by atoms with Crippen molar-refractivity contribution in [2.45, 2.75) is 31.4 Å². The second kappa shape index (κ2) is 8.94. The molecule has 4 rings (SSSR count). The molecule has 166 valence electrons. The summed E-state index contributed by atoms with van der Waals surface area (Å²) in [6.07, 6.45) is 0.837. The summed E-state index contributed by atoms with van der Waals surface area (Å²) >= 11 is 0. The number of hydrogen-bond donors (Lipinski definition) is 1. The number of nitrogens with one attached hydrogen (secondary N) is 1. The van der Waals surface area contributed by atoms with E-state index in [1.54, 1.807) is 19.1 Å². The average Bonchev–Trinajstić information content (AvgIpc) is 2.77. The predicted octanol–water partition coefficient (Wildman–Crippen LogP) is 4.48. The molecule has 0 bridgehead atoms. The lowest BCUT2D eigenvalue weighted by Gasteiger charge is -2.44. The highest BCUT2D eigenvalue weighted by atomic mass is 19.1. The van der Waals surface area contributed by atoms with Crippen molar-refractivity contribution in [2.75, 3.05) is 18.5 Å². The Bertz CT molecular complexity index is 1120. The van der Waals surface area contributed by atoms with Crippen molar-refractivity contribution in [3.8, 4) is 11.3 Å². The first-order valence-corrected chi connectivity index (χ1v) is 10.2. The van der Waals surface area contributed by atoms with Gasteiger partial charge in [0.05, 0.1) is 23.6 Å². The number of aromatic nitrogens is 3. The zero-order valence-corrected chi connectivity index (χ0v) is 17.3. The number of hydrogen-bond acceptors (Lipinski definition) is 6. The summed E-state index contributed by atoms with van der Waals surface area (Å²) in [7, 11) is 0. The molecule has 32 heavy (non-hydrogen) atoms. The normalized spacial score (nSPS) is 19.8. The molecule has 1 N–H and O–H groups in total. The topological polar surface area (TPSA) is 77.0 Å². The van der Waals surface area contributed by atoms with Crippen LogP contribution in [0, 0.1) is 11.6 Å². The highest BCUT2D eigenvalue weighted by Crippen LogP contribution is 2.45. The Kier molecular flexibility index (Phi) is 6.07. The quantitative estimate of drug-likeness (QED) is 0.544. The minimum Gasteiger partial charge on any atom is -0.462 e. The van der Waals surface area contributed by atoms with Gasteiger partial charge in [-0.25, -0.2) is 18.0 Å². The number of ether oxygens (including phenoxy) is 1. The van der Waals surface area contributed by atoms with Gasteiger partial charge in [0.25, 0.3) is 0 Å². The van der Waals surface area contributed by atoms with Crippen LogP contribution < -0.4 is 5.32 Å². The number of halogens is 3. The molecule has 9 heteroatoms. The van der Waals surface area contributed by atoms with Crippen LogP contribution in [0.1, 0.15) is 35.8 Å². The monoisotopic (exact) mass is 442 g/mol. The third kappa shape index (κ3) is 4.28. The standard InChI is InChI=1S/C23H21F3N4O2/c1-2-32-22(31)16-10-14(5-6-17(16)25)19-7-8-20(30-29-19)28-13-23(11-15(24)12-23)21-18(26)4-3-9-27-21/h3-10,15H,2,11-13H2,1H3,(H,28,30)/t15-,23-. The second-order valence-corrected chi connectivity index (χ2v) is 7.69. The van der Waals surface area contributed by atoms with E-state index in [1.807, 2.05) is 0 Å². The van der Waals surface area contributed by atoms with Gasteiger partial charge >= 0.3 is 5.97 Å². The molecule has 3 aromatic rings. The van der Waals surface area contributed by atoms with E-state index in [-0.39, 0.29) is 37.3 Å². The maximum atomic E-state index is 14.3. The van der Waals surface area contributed by atoms with Gasteiger partial charge in [-0.2, -0.15) is 0 Å². The van der Waals surface area contributed by atoms with E-state index in [4.69, 9.17) is 4.74 Å². The van der Waals surface area contributed by atoms with Gasteiger partial charge in [0, 0.05) is 23.7 Å². The van der Waals surface area contributed by atoms with Crippen LogP contribution in [-0.2, 0) is 10.2 Å². The Hall–Kier alpha value is -3.49. The van der Waals surface area contributed by atoms with Crippen molar-refractivity contribution in [2.24, 2.45) is 0 Å². The second-order valence-electron chi connectivity index (χ2n) is 7.69. The van der Waals surface area contributed by atoms with Gasteiger partial charge < -0.3 is 10.1 Å². The van der Waals surface area contributed by atoms with Gasteiger partial charge in [-0.3, -0.25) is 4.98 Å². The van der Waals surface area contributed by atoms with Crippen LogP contribution in [0.3, 0.4) is 0 Å². The van der Waals surface area contributed by atoms with Crippen LogP contribution in [-0.4, -0.2) is 40.5 Å². The van der Waals surface area contributed by atoms with Crippen LogP contribution in [0.15, 0.2) is 48.7 Å². The van der Waals surface area contributed by atoms with Gasteiger partial charge in [0.2, 0.25) is 0 Å². The fourth-order valence-electron chi connectivity index (χ4n) is 3.88. The maximum Gasteiger partial charge on any atom is 0.341 e. The lowest BCUT2D eigenvalue weighted by atomic mass is 9.65. The van der Waals surface area contributed by atoms with E-state index in [2.05, 4.69) is 20.5 Å². The molecule has 0 amide bonds. The van der Waals surface area contributed by atoms with Gasteiger partial charge in [0.15, 0.2) is 0 Å². The first kappa shape index (κ1) is 21.7. The van der Waals surface area contributed by atoms with Crippen molar-refractivity contribution >= 4 is 11.8 Å². The highest BCUT2D eigenvalue weighted by Gasteiger charge is 2.48. The van der Waals surface area contributed by atoms with Crippen molar-refractivity contribution < 1.29 is 22.7 Å². The number of carbonyl (C=O) groups excluding carboxylic acids is 1. The summed E-state index contributed by atoms with van der Waals surface area (Å²) in [5.74, 6) is -1.48. The van der Waals surface area contributed by atoms with Crippen LogP contribution in [0.25, 0.3) is 11.3 Å². The van der Waals surface area contributed by atoms with Gasteiger partial charge in [0.1, 0.15) is 23.6 Å². The molecule has 2 heterocycles. The SMILES string of the molecule is CCOC(=O)c1cc(-c2ccc(NC[C@]3(c4ncccc4F)C[C@H](F)C3)nn2)ccc1F. The maximum absolute atomic E-state index is 14.3. The fourth-order valence-corrected chi connectivity index (χ4v) is 3.88. The Morgan fingerprint density at radius 2 is 1.97 bits per heavy atom. The number of benzene rings is 1. The molecule has 0 spiro atoms. The molecule has 0 unspecified atom stereocenters. The number of alkyl halides is 1. The smallest absolute Gasteiger partial charge is 0.341 e. The number of nitrogens with zero attached hydrogens (tertiary/aromatic N) is 3. The first-order chi connectivity index (χ1) is 15.4. The summed E-state index contributed by atoms with van der Waals surface area (Å²) in [5.41, 5.74) is 0.234. The Labute approximate surface area is 182 Å². The Morgan fingerprint density at radius 1 is 1.16 bits per heavy atom. The Balaban J connectivity index is 1.49. The molecule has 1 saturated carbocycles. The van der Waals surface area contributed by atoms with E-state index in [0.717, 1.165) is 0 Å². The summed E-state index contributed by atoms with van der Waals surface area (Å²) in [6.45, 7) is 2.02. The van der Waals surface area contributed by atoms with Crippen LogP contribution >= 0.6 is 0 Å². The molecular weight excluding hydrogens is 421 g/mol. The molecule has 0 radical (unpaired) electrons.